The minimum atomic E-state index is -0.591. The third-order valence-corrected chi connectivity index (χ3v) is 4.00. The Kier molecular flexibility index (Phi) is 5.33. The van der Waals surface area contributed by atoms with E-state index in [0.717, 1.165) is 0 Å². The number of carbonyl (C=O) groups excluding carboxylic acids is 1. The fourth-order valence-corrected chi connectivity index (χ4v) is 2.89. The van der Waals surface area contributed by atoms with Crippen molar-refractivity contribution in [2.75, 3.05) is 11.9 Å². The second kappa shape index (κ2) is 7.53. The van der Waals surface area contributed by atoms with Crippen LogP contribution in [0.1, 0.15) is 31.9 Å². The molecule has 140 valence electrons. The molecule has 0 radical (unpaired) electrons. The highest BCUT2D eigenvalue weighted by Gasteiger charge is 2.21. The Morgan fingerprint density at radius 1 is 1.22 bits per heavy atom. The highest BCUT2D eigenvalue weighted by molar-refractivity contribution is 6.31. The Morgan fingerprint density at radius 2 is 1.96 bits per heavy atom. The van der Waals surface area contributed by atoms with E-state index in [0.29, 0.717) is 33.2 Å². The first-order valence-electron chi connectivity index (χ1n) is 8.53. The van der Waals surface area contributed by atoms with Crippen molar-refractivity contribution in [2.45, 2.75) is 26.4 Å². The molecule has 2 aromatic rings. The van der Waals surface area contributed by atoms with E-state index in [2.05, 4.69) is 10.3 Å². The van der Waals surface area contributed by atoms with Gasteiger partial charge in [-0.1, -0.05) is 23.7 Å². The van der Waals surface area contributed by atoms with E-state index in [1.54, 1.807) is 57.2 Å². The van der Waals surface area contributed by atoms with Crippen LogP contribution < -0.4 is 5.32 Å². The molecule has 1 heterocycles. The van der Waals surface area contributed by atoms with Crippen molar-refractivity contribution in [3.63, 3.8) is 0 Å². The lowest BCUT2D eigenvalue weighted by Gasteiger charge is -2.18. The normalized spacial score (nSPS) is 15.4. The number of ether oxygens (including phenoxy) is 1. The molecule has 0 aliphatic carbocycles. The first-order chi connectivity index (χ1) is 12.7. The topological polar surface area (TPSA) is 50.7 Å². The highest BCUT2D eigenvalue weighted by atomic mass is 35.5. The smallest absolute Gasteiger partial charge is 0.333 e. The molecule has 2 aromatic carbocycles. The Balaban J connectivity index is 2.04. The van der Waals surface area contributed by atoms with E-state index in [4.69, 9.17) is 16.3 Å². The van der Waals surface area contributed by atoms with Crippen molar-refractivity contribution in [1.82, 2.24) is 0 Å². The largest absolute Gasteiger partial charge is 0.457 e. The van der Waals surface area contributed by atoms with Gasteiger partial charge in [0.15, 0.2) is 0 Å². The van der Waals surface area contributed by atoms with E-state index in [1.807, 2.05) is 0 Å². The summed E-state index contributed by atoms with van der Waals surface area (Å²) < 4.78 is 19.7. The van der Waals surface area contributed by atoms with Gasteiger partial charge in [0.2, 0.25) is 0 Å². The van der Waals surface area contributed by atoms with Crippen LogP contribution in [0.5, 0.6) is 0 Å². The number of rotatable bonds is 2. The predicted octanol–water partition coefficient (Wildman–Crippen LogP) is 4.97. The van der Waals surface area contributed by atoms with Crippen LogP contribution in [-0.2, 0) is 9.53 Å². The van der Waals surface area contributed by atoms with Crippen LogP contribution in [0.15, 0.2) is 59.2 Å². The molecular formula is C21H20ClFN2O2. The fourth-order valence-electron chi connectivity index (χ4n) is 2.72. The number of aliphatic imine (C=N–C) groups is 1. The van der Waals surface area contributed by atoms with Crippen molar-refractivity contribution < 1.29 is 13.9 Å². The molecule has 4 nitrogen and oxygen atoms in total. The van der Waals surface area contributed by atoms with E-state index < -0.39 is 11.6 Å². The maximum absolute atomic E-state index is 14.4. The van der Waals surface area contributed by atoms with Gasteiger partial charge in [0.1, 0.15) is 11.4 Å². The maximum Gasteiger partial charge on any atom is 0.333 e. The quantitative estimate of drug-likeness (QED) is 0.585. The summed E-state index contributed by atoms with van der Waals surface area (Å²) in [4.78, 5) is 16.7. The number of fused-ring (bicyclic) bond motifs is 1. The molecule has 0 aromatic heterocycles. The summed E-state index contributed by atoms with van der Waals surface area (Å²) in [5, 5.41) is 3.70. The Bertz CT molecular complexity index is 945. The molecule has 1 N–H and O–H groups in total. The monoisotopic (exact) mass is 386 g/mol. The Morgan fingerprint density at radius 3 is 2.67 bits per heavy atom. The summed E-state index contributed by atoms with van der Waals surface area (Å²) in [7, 11) is 0. The van der Waals surface area contributed by atoms with Crippen LogP contribution in [0.2, 0.25) is 5.02 Å². The zero-order valence-electron chi connectivity index (χ0n) is 15.3. The predicted molar refractivity (Wildman–Crippen MR) is 106 cm³/mol. The van der Waals surface area contributed by atoms with Gasteiger partial charge in [0.05, 0.1) is 12.3 Å². The number of benzene rings is 2. The lowest BCUT2D eigenvalue weighted by atomic mass is 10.00. The lowest BCUT2D eigenvalue weighted by molar-refractivity contribution is -0.148. The van der Waals surface area contributed by atoms with Crippen molar-refractivity contribution in [3.8, 4) is 0 Å². The van der Waals surface area contributed by atoms with Gasteiger partial charge < -0.3 is 10.1 Å². The third kappa shape index (κ3) is 4.74. The van der Waals surface area contributed by atoms with E-state index in [-0.39, 0.29) is 12.4 Å². The zero-order valence-corrected chi connectivity index (χ0v) is 16.1. The molecule has 0 amide bonds. The Labute approximate surface area is 162 Å². The average molecular weight is 387 g/mol. The van der Waals surface area contributed by atoms with Crippen LogP contribution in [0.3, 0.4) is 0 Å². The van der Waals surface area contributed by atoms with E-state index in [1.165, 1.54) is 12.1 Å². The van der Waals surface area contributed by atoms with Gasteiger partial charge in [0, 0.05) is 33.6 Å². The van der Waals surface area contributed by atoms with Crippen LogP contribution in [0.4, 0.5) is 10.1 Å². The Hall–Kier alpha value is -2.66. The van der Waals surface area contributed by atoms with E-state index in [9.17, 15) is 9.18 Å². The van der Waals surface area contributed by atoms with Gasteiger partial charge >= 0.3 is 5.97 Å². The molecule has 0 bridgehead atoms. The molecule has 0 spiro atoms. The molecule has 0 atom stereocenters. The number of nitrogens with zero attached hydrogens (tertiary/aromatic N) is 1. The molecule has 6 heteroatoms. The summed E-state index contributed by atoms with van der Waals surface area (Å²) in [6, 6.07) is 11.7. The number of nitrogens with one attached hydrogen (secondary N) is 1. The first-order valence-corrected chi connectivity index (χ1v) is 8.90. The molecule has 1 aliphatic rings. The molecule has 1 aliphatic heterocycles. The highest BCUT2D eigenvalue weighted by Crippen LogP contribution is 2.28. The van der Waals surface area contributed by atoms with Crippen LogP contribution >= 0.6 is 11.6 Å². The van der Waals surface area contributed by atoms with Crippen LogP contribution in [0.25, 0.3) is 0 Å². The lowest BCUT2D eigenvalue weighted by Crippen LogP contribution is -2.23. The number of carbonyl (C=O) groups is 1. The number of esters is 1. The van der Waals surface area contributed by atoms with Crippen LogP contribution in [0, 0.1) is 5.82 Å². The molecule has 27 heavy (non-hydrogen) atoms. The van der Waals surface area contributed by atoms with Gasteiger partial charge in [-0.2, -0.15) is 0 Å². The van der Waals surface area contributed by atoms with Gasteiger partial charge in [-0.3, -0.25) is 4.99 Å². The number of hydrogen-bond donors (Lipinski definition) is 1. The molecular weight excluding hydrogens is 367 g/mol. The SMILES string of the molecule is CC(C)(C)OC(=O)/C=C1/CN=C(c2ccccc2F)c2cc(Cl)ccc2N1. The summed E-state index contributed by atoms with van der Waals surface area (Å²) >= 11 is 6.15. The van der Waals surface area contributed by atoms with Crippen molar-refractivity contribution in [1.29, 1.82) is 0 Å². The minimum absolute atomic E-state index is 0.176. The van der Waals surface area contributed by atoms with Gasteiger partial charge in [-0.15, -0.1) is 0 Å². The number of hydrogen-bond acceptors (Lipinski definition) is 4. The van der Waals surface area contributed by atoms with Crippen molar-refractivity contribution >= 4 is 29.0 Å². The molecule has 0 unspecified atom stereocenters. The number of benzodiazepines with no additional fused rings is 1. The van der Waals surface area contributed by atoms with Crippen molar-refractivity contribution in [3.05, 3.63) is 76.2 Å². The minimum Gasteiger partial charge on any atom is -0.457 e. The molecule has 0 saturated carbocycles. The maximum atomic E-state index is 14.4. The van der Waals surface area contributed by atoms with Gasteiger partial charge in [-0.25, -0.2) is 9.18 Å². The van der Waals surface area contributed by atoms with Gasteiger partial charge in [-0.05, 0) is 51.1 Å². The molecule has 3 rings (SSSR count). The number of halogens is 2. The second-order valence-electron chi connectivity index (χ2n) is 7.16. The van der Waals surface area contributed by atoms with E-state index >= 15 is 0 Å². The summed E-state index contributed by atoms with van der Waals surface area (Å²) in [6.07, 6.45) is 1.37. The summed E-state index contributed by atoms with van der Waals surface area (Å²) in [6.45, 7) is 5.58. The summed E-state index contributed by atoms with van der Waals surface area (Å²) in [5.41, 5.74) is 2.17. The fraction of sp³-hybridized carbons (Fsp3) is 0.238. The third-order valence-electron chi connectivity index (χ3n) is 3.77. The molecule has 0 saturated heterocycles. The standard InChI is InChI=1S/C21H20ClFN2O2/c1-21(2,3)27-19(26)11-14-12-24-20(15-6-4-5-7-17(15)23)16-10-13(22)8-9-18(16)25-14/h4-11,25H,12H2,1-3H3/b14-11-. The molecule has 0 fully saturated rings. The van der Waals surface area contributed by atoms with Gasteiger partial charge in [0.25, 0.3) is 0 Å². The average Bonchev–Trinajstić information content (AvgIpc) is 2.73. The number of anilines is 1. The zero-order chi connectivity index (χ0) is 19.6. The van der Waals surface area contributed by atoms with Crippen LogP contribution in [-0.4, -0.2) is 23.8 Å². The first kappa shape index (κ1) is 19.1. The van der Waals surface area contributed by atoms with Crippen molar-refractivity contribution in [2.24, 2.45) is 4.99 Å². The second-order valence-corrected chi connectivity index (χ2v) is 7.60. The summed E-state index contributed by atoms with van der Waals surface area (Å²) in [5.74, 6) is -0.841.